The average Bonchev–Trinajstić information content (AvgIpc) is 2.41. The highest BCUT2D eigenvalue weighted by Gasteiger charge is 2.19. The number of carbonyl (C=O) groups excluding carboxylic acids is 1. The number of nitrogens with zero attached hydrogens (tertiary/aromatic N) is 2. The van der Waals surface area contributed by atoms with Crippen LogP contribution in [0.4, 0.5) is 10.5 Å². The first-order chi connectivity index (χ1) is 9.51. The molecule has 0 aliphatic heterocycles. The Hall–Kier alpha value is -2.04. The molecule has 3 N–H and O–H groups in total. The minimum atomic E-state index is -0.237. The highest BCUT2D eigenvalue weighted by Crippen LogP contribution is 2.25. The van der Waals surface area contributed by atoms with E-state index in [1.165, 1.54) is 0 Å². The number of amides is 2. The van der Waals surface area contributed by atoms with Crippen LogP contribution in [0, 0.1) is 13.8 Å². The Morgan fingerprint density at radius 1 is 1.35 bits per heavy atom. The van der Waals surface area contributed by atoms with Crippen LogP contribution in [0.2, 0.25) is 0 Å². The predicted octanol–water partition coefficient (Wildman–Crippen LogP) is 2.56. The lowest BCUT2D eigenvalue weighted by Crippen LogP contribution is -2.46. The van der Waals surface area contributed by atoms with Gasteiger partial charge in [0.25, 0.3) is 0 Å². The van der Waals surface area contributed by atoms with Crippen molar-refractivity contribution >= 4 is 17.7 Å². The number of benzene rings is 1. The molecule has 110 valence electrons. The summed E-state index contributed by atoms with van der Waals surface area (Å²) < 4.78 is 0. The van der Waals surface area contributed by atoms with E-state index in [0.717, 1.165) is 29.7 Å². The van der Waals surface area contributed by atoms with Gasteiger partial charge in [-0.3, -0.25) is 15.2 Å². The van der Waals surface area contributed by atoms with E-state index in [-0.39, 0.29) is 12.0 Å². The number of anilines is 1. The van der Waals surface area contributed by atoms with Crippen LogP contribution in [0.15, 0.2) is 23.2 Å². The third-order valence-electron chi connectivity index (χ3n) is 3.17. The summed E-state index contributed by atoms with van der Waals surface area (Å²) in [5.74, 6) is 0.128. The Balaban J connectivity index is 3.08. The highest BCUT2D eigenvalue weighted by molar-refractivity contribution is 6.03. The molecule has 5 heteroatoms. The van der Waals surface area contributed by atoms with E-state index in [9.17, 15) is 4.79 Å². The number of carbonyl (C=O) groups is 1. The molecule has 0 spiro atoms. The molecule has 0 unspecified atom stereocenters. The van der Waals surface area contributed by atoms with Crippen molar-refractivity contribution in [3.05, 3.63) is 29.3 Å². The first-order valence-electron chi connectivity index (χ1n) is 6.88. The third-order valence-corrected chi connectivity index (χ3v) is 3.17. The zero-order valence-corrected chi connectivity index (χ0v) is 12.7. The summed E-state index contributed by atoms with van der Waals surface area (Å²) in [7, 11) is 1.55. The van der Waals surface area contributed by atoms with Gasteiger partial charge in [0.1, 0.15) is 0 Å². The first-order valence-corrected chi connectivity index (χ1v) is 6.88. The number of rotatable bonds is 4. The highest BCUT2D eigenvalue weighted by atomic mass is 16.2. The zero-order chi connectivity index (χ0) is 15.1. The van der Waals surface area contributed by atoms with Crippen LogP contribution >= 0.6 is 0 Å². The monoisotopic (exact) mass is 276 g/mol. The third kappa shape index (κ3) is 3.98. The maximum Gasteiger partial charge on any atom is 0.328 e. The Morgan fingerprint density at radius 2 is 1.95 bits per heavy atom. The van der Waals surface area contributed by atoms with E-state index in [1.54, 1.807) is 11.9 Å². The van der Waals surface area contributed by atoms with Crippen molar-refractivity contribution in [1.29, 1.82) is 0 Å². The summed E-state index contributed by atoms with van der Waals surface area (Å²) in [6.07, 6.45) is 1.95. The lowest BCUT2D eigenvalue weighted by molar-refractivity contribution is 0.250. The van der Waals surface area contributed by atoms with Gasteiger partial charge in [0, 0.05) is 13.6 Å². The van der Waals surface area contributed by atoms with E-state index in [1.807, 2.05) is 32.0 Å². The molecule has 2 amide bonds. The number of aryl methyl sites for hydroxylation is 2. The molecule has 0 fully saturated rings. The van der Waals surface area contributed by atoms with Crippen molar-refractivity contribution < 1.29 is 4.79 Å². The number of nitrogens with two attached hydrogens (primary N) is 1. The number of urea groups is 1. The molecule has 20 heavy (non-hydrogen) atoms. The molecule has 0 aliphatic rings. The lowest BCUT2D eigenvalue weighted by atomic mass is 10.1. The summed E-state index contributed by atoms with van der Waals surface area (Å²) in [5, 5.41) is 2.61. The summed E-state index contributed by atoms with van der Waals surface area (Å²) in [5.41, 5.74) is 8.68. The minimum Gasteiger partial charge on any atom is -0.370 e. The molecule has 0 atom stereocenters. The van der Waals surface area contributed by atoms with E-state index in [2.05, 4.69) is 17.2 Å². The van der Waals surface area contributed by atoms with Crippen molar-refractivity contribution in [1.82, 2.24) is 5.32 Å². The van der Waals surface area contributed by atoms with Gasteiger partial charge in [0.15, 0.2) is 5.96 Å². The van der Waals surface area contributed by atoms with Crippen molar-refractivity contribution in [3.8, 4) is 0 Å². The predicted molar refractivity (Wildman–Crippen MR) is 84.2 cm³/mol. The Morgan fingerprint density at radius 3 is 2.45 bits per heavy atom. The van der Waals surface area contributed by atoms with Gasteiger partial charge in [-0.25, -0.2) is 4.79 Å². The number of guanidine groups is 1. The molecule has 0 saturated carbocycles. The van der Waals surface area contributed by atoms with Gasteiger partial charge in [-0.1, -0.05) is 31.5 Å². The molecule has 0 saturated heterocycles. The standard InChI is InChI=1S/C15H24N4O/c1-5-6-10-19(15(20)18-14(16)17-4)13-11(2)8-7-9-12(13)3/h7-9H,5-6,10H2,1-4H3,(H3,16,17,18,20). The fourth-order valence-corrected chi connectivity index (χ4v) is 2.10. The second-order valence-corrected chi connectivity index (χ2v) is 4.78. The number of aliphatic imine (C=N–C) groups is 1. The number of hydrogen-bond donors (Lipinski definition) is 2. The molecule has 0 radical (unpaired) electrons. The molecular weight excluding hydrogens is 252 g/mol. The Kier molecular flexibility index (Phi) is 6.03. The second-order valence-electron chi connectivity index (χ2n) is 4.78. The molecule has 1 aromatic rings. The van der Waals surface area contributed by atoms with Crippen LogP contribution in [0.5, 0.6) is 0 Å². The molecule has 0 heterocycles. The maximum absolute atomic E-state index is 12.4. The second kappa shape index (κ2) is 7.53. The van der Waals surface area contributed by atoms with Crippen molar-refractivity contribution in [2.45, 2.75) is 33.6 Å². The maximum atomic E-state index is 12.4. The Labute approximate surface area is 120 Å². The molecule has 1 aromatic carbocycles. The number of nitrogens with one attached hydrogen (secondary N) is 1. The molecule has 5 nitrogen and oxygen atoms in total. The van der Waals surface area contributed by atoms with Crippen LogP contribution in [0.1, 0.15) is 30.9 Å². The van der Waals surface area contributed by atoms with Crippen molar-refractivity contribution in [2.24, 2.45) is 10.7 Å². The van der Waals surface area contributed by atoms with E-state index >= 15 is 0 Å². The minimum absolute atomic E-state index is 0.128. The van der Waals surface area contributed by atoms with Crippen molar-refractivity contribution in [2.75, 3.05) is 18.5 Å². The van der Waals surface area contributed by atoms with Gasteiger partial charge in [0.05, 0.1) is 5.69 Å². The first kappa shape index (κ1) is 16.0. The fourth-order valence-electron chi connectivity index (χ4n) is 2.10. The number of para-hydroxylation sites is 1. The summed E-state index contributed by atoms with van der Waals surface area (Å²) >= 11 is 0. The topological polar surface area (TPSA) is 70.7 Å². The average molecular weight is 276 g/mol. The summed E-state index contributed by atoms with van der Waals surface area (Å²) in [6.45, 7) is 6.77. The van der Waals surface area contributed by atoms with Crippen LogP contribution in [0.25, 0.3) is 0 Å². The molecular formula is C15H24N4O. The van der Waals surface area contributed by atoms with Gasteiger partial charge in [0.2, 0.25) is 0 Å². The molecule has 0 bridgehead atoms. The van der Waals surface area contributed by atoms with Gasteiger partial charge >= 0.3 is 6.03 Å². The number of hydrogen-bond acceptors (Lipinski definition) is 2. The lowest BCUT2D eigenvalue weighted by Gasteiger charge is -2.26. The normalized spacial score (nSPS) is 11.3. The van der Waals surface area contributed by atoms with E-state index in [4.69, 9.17) is 5.73 Å². The van der Waals surface area contributed by atoms with Crippen LogP contribution in [-0.2, 0) is 0 Å². The smallest absolute Gasteiger partial charge is 0.328 e. The van der Waals surface area contributed by atoms with Gasteiger partial charge in [-0.15, -0.1) is 0 Å². The zero-order valence-electron chi connectivity index (χ0n) is 12.7. The van der Waals surface area contributed by atoms with Gasteiger partial charge in [-0.2, -0.15) is 0 Å². The van der Waals surface area contributed by atoms with Gasteiger partial charge < -0.3 is 5.73 Å². The molecule has 1 rings (SSSR count). The largest absolute Gasteiger partial charge is 0.370 e. The van der Waals surface area contributed by atoms with E-state index < -0.39 is 0 Å². The fraction of sp³-hybridized carbons (Fsp3) is 0.467. The molecule has 0 aromatic heterocycles. The van der Waals surface area contributed by atoms with E-state index in [0.29, 0.717) is 6.54 Å². The van der Waals surface area contributed by atoms with Crippen LogP contribution in [-0.4, -0.2) is 25.6 Å². The van der Waals surface area contributed by atoms with Crippen LogP contribution < -0.4 is 16.0 Å². The summed E-state index contributed by atoms with van der Waals surface area (Å²) in [4.78, 5) is 17.9. The SMILES string of the molecule is CCCCN(C(=O)NC(N)=NC)c1c(C)cccc1C. The molecule has 0 aliphatic carbocycles. The Bertz CT molecular complexity index is 476. The van der Waals surface area contributed by atoms with Crippen molar-refractivity contribution in [3.63, 3.8) is 0 Å². The quantitative estimate of drug-likeness (QED) is 0.655. The summed E-state index contributed by atoms with van der Waals surface area (Å²) in [6, 6.07) is 5.77. The van der Waals surface area contributed by atoms with Gasteiger partial charge in [-0.05, 0) is 31.4 Å². The number of unbranched alkanes of at least 4 members (excludes halogenated alkanes) is 1. The van der Waals surface area contributed by atoms with Crippen LogP contribution in [0.3, 0.4) is 0 Å².